The van der Waals surface area contributed by atoms with Crippen LogP contribution in [0, 0.1) is 0 Å². The third kappa shape index (κ3) is 3.38. The molecule has 6 heteroatoms. The van der Waals surface area contributed by atoms with E-state index in [0.29, 0.717) is 11.3 Å². The molecule has 1 heterocycles. The van der Waals surface area contributed by atoms with Gasteiger partial charge in [0.1, 0.15) is 6.04 Å². The number of benzene rings is 2. The topological polar surface area (TPSA) is 84.0 Å². The summed E-state index contributed by atoms with van der Waals surface area (Å²) in [7, 11) is 0. The lowest BCUT2D eigenvalue weighted by Crippen LogP contribution is -2.41. The van der Waals surface area contributed by atoms with E-state index in [9.17, 15) is 9.59 Å². The van der Waals surface area contributed by atoms with Crippen molar-refractivity contribution < 1.29 is 9.59 Å². The van der Waals surface area contributed by atoms with Gasteiger partial charge < -0.3 is 10.6 Å². The quantitative estimate of drug-likeness (QED) is 0.773. The molecule has 0 aliphatic heterocycles. The number of aromatic nitrogens is 2. The Kier molecular flexibility index (Phi) is 4.47. The van der Waals surface area contributed by atoms with Crippen molar-refractivity contribution in [1.29, 1.82) is 0 Å². The summed E-state index contributed by atoms with van der Waals surface area (Å²) in [6, 6.07) is 13.6. The highest BCUT2D eigenvalue weighted by Gasteiger charge is 2.17. The highest BCUT2D eigenvalue weighted by molar-refractivity contribution is 6.05. The van der Waals surface area contributed by atoms with Crippen molar-refractivity contribution in [2.45, 2.75) is 13.0 Å². The first kappa shape index (κ1) is 15.6. The molecule has 0 saturated carbocycles. The molecule has 6 nitrogen and oxygen atoms in total. The van der Waals surface area contributed by atoms with Crippen LogP contribution in [0.1, 0.15) is 17.3 Å². The zero-order valence-corrected chi connectivity index (χ0v) is 13.1. The SMILES string of the molecule is CC(NC(=O)c1ccccc1)C(=O)Nc1cccc2cnncc12. The summed E-state index contributed by atoms with van der Waals surface area (Å²) in [5, 5.41) is 14.8. The summed E-state index contributed by atoms with van der Waals surface area (Å²) in [6.07, 6.45) is 3.23. The van der Waals surface area contributed by atoms with Gasteiger partial charge in [-0.1, -0.05) is 30.3 Å². The standard InChI is InChI=1S/C18H16N4O2/c1-12(21-18(24)13-6-3-2-4-7-13)17(23)22-16-9-5-8-14-10-19-20-11-15(14)16/h2-12H,1H3,(H,21,24)(H,22,23). The van der Waals surface area contributed by atoms with E-state index >= 15 is 0 Å². The van der Waals surface area contributed by atoms with Gasteiger partial charge in [-0.3, -0.25) is 9.59 Å². The maximum Gasteiger partial charge on any atom is 0.251 e. The van der Waals surface area contributed by atoms with Crippen LogP contribution in [0.25, 0.3) is 10.8 Å². The van der Waals surface area contributed by atoms with Crippen LogP contribution in [0.2, 0.25) is 0 Å². The molecule has 0 saturated heterocycles. The second-order valence-corrected chi connectivity index (χ2v) is 5.35. The van der Waals surface area contributed by atoms with E-state index in [2.05, 4.69) is 20.8 Å². The molecule has 0 radical (unpaired) electrons. The average Bonchev–Trinajstić information content (AvgIpc) is 2.62. The summed E-state index contributed by atoms with van der Waals surface area (Å²) in [6.45, 7) is 1.64. The van der Waals surface area contributed by atoms with Gasteiger partial charge in [0.2, 0.25) is 5.91 Å². The van der Waals surface area contributed by atoms with Gasteiger partial charge in [0, 0.05) is 16.3 Å². The fourth-order valence-electron chi connectivity index (χ4n) is 2.31. The Morgan fingerprint density at radius 2 is 1.71 bits per heavy atom. The number of fused-ring (bicyclic) bond motifs is 1. The van der Waals surface area contributed by atoms with Crippen molar-refractivity contribution in [3.8, 4) is 0 Å². The number of rotatable bonds is 4. The van der Waals surface area contributed by atoms with Gasteiger partial charge in [-0.15, -0.1) is 0 Å². The van der Waals surface area contributed by atoms with Crippen molar-refractivity contribution in [2.24, 2.45) is 0 Å². The molecular formula is C18H16N4O2. The molecule has 2 aromatic carbocycles. The molecule has 1 unspecified atom stereocenters. The van der Waals surface area contributed by atoms with Gasteiger partial charge in [0.25, 0.3) is 5.91 Å². The number of carbonyl (C=O) groups excluding carboxylic acids is 2. The predicted octanol–water partition coefficient (Wildman–Crippen LogP) is 2.39. The molecule has 0 aliphatic rings. The lowest BCUT2D eigenvalue weighted by atomic mass is 10.1. The van der Waals surface area contributed by atoms with Crippen LogP contribution in [0.5, 0.6) is 0 Å². The molecule has 3 aromatic rings. The first-order valence-corrected chi connectivity index (χ1v) is 7.51. The number of nitrogens with one attached hydrogen (secondary N) is 2. The number of anilines is 1. The maximum atomic E-state index is 12.4. The second kappa shape index (κ2) is 6.87. The van der Waals surface area contributed by atoms with E-state index in [1.807, 2.05) is 18.2 Å². The zero-order chi connectivity index (χ0) is 16.9. The van der Waals surface area contributed by atoms with E-state index in [-0.39, 0.29) is 11.8 Å². The fourth-order valence-corrected chi connectivity index (χ4v) is 2.31. The van der Waals surface area contributed by atoms with Gasteiger partial charge in [0.15, 0.2) is 0 Å². The van der Waals surface area contributed by atoms with Gasteiger partial charge in [0.05, 0.1) is 18.1 Å². The van der Waals surface area contributed by atoms with E-state index < -0.39 is 6.04 Å². The van der Waals surface area contributed by atoms with Crippen LogP contribution in [0.4, 0.5) is 5.69 Å². The van der Waals surface area contributed by atoms with Crippen LogP contribution in [-0.2, 0) is 4.79 Å². The van der Waals surface area contributed by atoms with Gasteiger partial charge >= 0.3 is 0 Å². The van der Waals surface area contributed by atoms with Crippen molar-refractivity contribution >= 4 is 28.3 Å². The zero-order valence-electron chi connectivity index (χ0n) is 13.1. The summed E-state index contributed by atoms with van der Waals surface area (Å²) in [5.41, 5.74) is 1.14. The predicted molar refractivity (Wildman–Crippen MR) is 91.5 cm³/mol. The lowest BCUT2D eigenvalue weighted by molar-refractivity contribution is -0.117. The van der Waals surface area contributed by atoms with Crippen molar-refractivity contribution in [3.63, 3.8) is 0 Å². The molecule has 3 rings (SSSR count). The Morgan fingerprint density at radius 3 is 2.50 bits per heavy atom. The minimum atomic E-state index is -0.678. The molecule has 2 amide bonds. The molecule has 1 aromatic heterocycles. The minimum Gasteiger partial charge on any atom is -0.341 e. The fraction of sp³-hybridized carbons (Fsp3) is 0.111. The summed E-state index contributed by atoms with van der Waals surface area (Å²) in [5.74, 6) is -0.592. The van der Waals surface area contributed by atoms with Crippen molar-refractivity contribution in [1.82, 2.24) is 15.5 Å². The first-order chi connectivity index (χ1) is 11.6. The van der Waals surface area contributed by atoms with Crippen LogP contribution >= 0.6 is 0 Å². The van der Waals surface area contributed by atoms with E-state index in [4.69, 9.17) is 0 Å². The first-order valence-electron chi connectivity index (χ1n) is 7.51. The summed E-state index contributed by atoms with van der Waals surface area (Å²) >= 11 is 0. The Balaban J connectivity index is 1.71. The second-order valence-electron chi connectivity index (χ2n) is 5.35. The molecule has 0 bridgehead atoms. The third-order valence-electron chi connectivity index (χ3n) is 3.62. The van der Waals surface area contributed by atoms with Crippen LogP contribution < -0.4 is 10.6 Å². The number of nitrogens with zero attached hydrogens (tertiary/aromatic N) is 2. The molecule has 0 fully saturated rings. The molecule has 24 heavy (non-hydrogen) atoms. The normalized spacial score (nSPS) is 11.7. The lowest BCUT2D eigenvalue weighted by Gasteiger charge is -2.15. The van der Waals surface area contributed by atoms with E-state index in [1.165, 1.54) is 0 Å². The maximum absolute atomic E-state index is 12.4. The Hall–Kier alpha value is -3.28. The minimum absolute atomic E-state index is 0.290. The largest absolute Gasteiger partial charge is 0.341 e. The highest BCUT2D eigenvalue weighted by atomic mass is 16.2. The monoisotopic (exact) mass is 320 g/mol. The summed E-state index contributed by atoms with van der Waals surface area (Å²) < 4.78 is 0. The highest BCUT2D eigenvalue weighted by Crippen LogP contribution is 2.21. The Bertz CT molecular complexity index is 875. The number of hydrogen-bond donors (Lipinski definition) is 2. The number of hydrogen-bond acceptors (Lipinski definition) is 4. The third-order valence-corrected chi connectivity index (χ3v) is 3.62. The molecule has 1 atom stereocenters. The van der Waals surface area contributed by atoms with Gasteiger partial charge in [-0.05, 0) is 25.1 Å². The van der Waals surface area contributed by atoms with Gasteiger partial charge in [-0.25, -0.2) is 0 Å². The smallest absolute Gasteiger partial charge is 0.251 e. The Labute approximate surface area is 138 Å². The van der Waals surface area contributed by atoms with Crippen LogP contribution in [0.3, 0.4) is 0 Å². The van der Waals surface area contributed by atoms with E-state index in [0.717, 1.165) is 10.8 Å². The van der Waals surface area contributed by atoms with Crippen molar-refractivity contribution in [3.05, 3.63) is 66.5 Å². The molecule has 2 N–H and O–H groups in total. The number of carbonyl (C=O) groups is 2. The van der Waals surface area contributed by atoms with Crippen molar-refractivity contribution in [2.75, 3.05) is 5.32 Å². The van der Waals surface area contributed by atoms with Gasteiger partial charge in [-0.2, -0.15) is 10.2 Å². The molecule has 120 valence electrons. The van der Waals surface area contributed by atoms with Crippen LogP contribution in [0.15, 0.2) is 60.9 Å². The molecule has 0 aliphatic carbocycles. The molecule has 0 spiro atoms. The van der Waals surface area contributed by atoms with E-state index in [1.54, 1.807) is 49.6 Å². The number of amides is 2. The molecular weight excluding hydrogens is 304 g/mol. The summed E-state index contributed by atoms with van der Waals surface area (Å²) in [4.78, 5) is 24.5. The Morgan fingerprint density at radius 1 is 0.958 bits per heavy atom. The average molecular weight is 320 g/mol. The van der Waals surface area contributed by atoms with Crippen LogP contribution in [-0.4, -0.2) is 28.1 Å².